The second kappa shape index (κ2) is 11.5. The van der Waals surface area contributed by atoms with Crippen molar-refractivity contribution in [3.63, 3.8) is 0 Å². The number of rotatable bonds is 11. The average molecular weight is 455 g/mol. The number of amides is 2. The van der Waals surface area contributed by atoms with E-state index in [0.29, 0.717) is 6.42 Å². The molecule has 33 heavy (non-hydrogen) atoms. The number of fused-ring (bicyclic) bond motifs is 3. The molecule has 0 bridgehead atoms. The zero-order valence-electron chi connectivity index (χ0n) is 18.6. The smallest absolute Gasteiger partial charge is 0.407 e. The number of carboxylic acids is 1. The molecule has 0 saturated heterocycles. The highest BCUT2D eigenvalue weighted by molar-refractivity contribution is 5.79. The summed E-state index contributed by atoms with van der Waals surface area (Å²) in [7, 11) is 0. The topological polar surface area (TPSA) is 125 Å². The monoisotopic (exact) mass is 454 g/mol. The second-order valence-corrected chi connectivity index (χ2v) is 8.15. The summed E-state index contributed by atoms with van der Waals surface area (Å²) in [5.74, 6) is -1.70. The Morgan fingerprint density at radius 3 is 2.18 bits per heavy atom. The molecule has 8 heteroatoms. The fraction of sp³-hybridized carbons (Fsp3) is 0.400. The number of aliphatic hydroxyl groups excluding tert-OH is 1. The number of hydrogen-bond donors (Lipinski definition) is 4. The van der Waals surface area contributed by atoms with E-state index in [1.165, 1.54) is 0 Å². The molecule has 0 aromatic heterocycles. The van der Waals surface area contributed by atoms with Crippen molar-refractivity contribution in [3.05, 3.63) is 59.7 Å². The van der Waals surface area contributed by atoms with Crippen LogP contribution in [0.2, 0.25) is 0 Å². The quantitative estimate of drug-likeness (QED) is 0.414. The lowest BCUT2D eigenvalue weighted by molar-refractivity contribution is -0.147. The maximum atomic E-state index is 12.5. The van der Waals surface area contributed by atoms with E-state index in [4.69, 9.17) is 9.84 Å². The van der Waals surface area contributed by atoms with Crippen molar-refractivity contribution in [2.75, 3.05) is 13.2 Å². The molecule has 8 nitrogen and oxygen atoms in total. The average Bonchev–Trinajstić information content (AvgIpc) is 3.11. The normalized spacial score (nSPS) is 14.0. The van der Waals surface area contributed by atoms with E-state index in [2.05, 4.69) is 22.8 Å². The molecule has 0 aliphatic heterocycles. The zero-order valence-corrected chi connectivity index (χ0v) is 18.6. The van der Waals surface area contributed by atoms with E-state index in [0.717, 1.165) is 28.7 Å². The van der Waals surface area contributed by atoms with Crippen LogP contribution in [-0.2, 0) is 14.3 Å². The van der Waals surface area contributed by atoms with Crippen LogP contribution in [0.4, 0.5) is 4.79 Å². The molecule has 176 valence electrons. The van der Waals surface area contributed by atoms with E-state index in [1.54, 1.807) is 0 Å². The first-order valence-corrected chi connectivity index (χ1v) is 11.2. The summed E-state index contributed by atoms with van der Waals surface area (Å²) in [4.78, 5) is 35.3. The number of aliphatic hydroxyl groups is 1. The van der Waals surface area contributed by atoms with Gasteiger partial charge in [0.05, 0.1) is 0 Å². The van der Waals surface area contributed by atoms with Gasteiger partial charge in [0, 0.05) is 31.3 Å². The SMILES string of the molecule is CCC[C@H](CC(=O)NCCC(O)C(=O)O)NC(=O)OCC1c2ccccc2-c2ccccc21. The van der Waals surface area contributed by atoms with E-state index < -0.39 is 24.2 Å². The Kier molecular flexibility index (Phi) is 8.43. The molecule has 2 aromatic rings. The molecular formula is C25H30N2O6. The number of ether oxygens (including phenoxy) is 1. The molecule has 3 rings (SSSR count). The maximum absolute atomic E-state index is 12.5. The largest absolute Gasteiger partial charge is 0.479 e. The van der Waals surface area contributed by atoms with Crippen LogP contribution in [0.15, 0.2) is 48.5 Å². The van der Waals surface area contributed by atoms with Crippen molar-refractivity contribution in [2.24, 2.45) is 0 Å². The van der Waals surface area contributed by atoms with E-state index in [9.17, 15) is 19.5 Å². The lowest BCUT2D eigenvalue weighted by Crippen LogP contribution is -2.40. The fourth-order valence-electron chi connectivity index (χ4n) is 4.15. The van der Waals surface area contributed by atoms with Gasteiger partial charge in [-0.1, -0.05) is 61.9 Å². The molecule has 2 aromatic carbocycles. The Morgan fingerprint density at radius 2 is 1.61 bits per heavy atom. The second-order valence-electron chi connectivity index (χ2n) is 8.15. The minimum absolute atomic E-state index is 0.0378. The van der Waals surface area contributed by atoms with Gasteiger partial charge in [0.1, 0.15) is 6.61 Å². The number of hydrogen-bond acceptors (Lipinski definition) is 5. The summed E-state index contributed by atoms with van der Waals surface area (Å²) < 4.78 is 5.56. The first-order valence-electron chi connectivity index (χ1n) is 11.2. The highest BCUT2D eigenvalue weighted by Crippen LogP contribution is 2.44. The summed E-state index contributed by atoms with van der Waals surface area (Å²) in [5, 5.41) is 23.3. The van der Waals surface area contributed by atoms with Gasteiger partial charge in [-0.05, 0) is 28.7 Å². The van der Waals surface area contributed by atoms with Gasteiger partial charge in [-0.2, -0.15) is 0 Å². The lowest BCUT2D eigenvalue weighted by atomic mass is 9.98. The molecule has 0 saturated carbocycles. The van der Waals surface area contributed by atoms with Crippen molar-refractivity contribution in [3.8, 4) is 11.1 Å². The predicted octanol–water partition coefficient (Wildman–Crippen LogP) is 3.04. The third kappa shape index (κ3) is 6.32. The van der Waals surface area contributed by atoms with Crippen molar-refractivity contribution in [1.82, 2.24) is 10.6 Å². The van der Waals surface area contributed by atoms with Gasteiger partial charge < -0.3 is 25.6 Å². The Bertz CT molecular complexity index is 947. The van der Waals surface area contributed by atoms with Crippen molar-refractivity contribution in [2.45, 2.75) is 50.7 Å². The van der Waals surface area contributed by atoms with Crippen LogP contribution >= 0.6 is 0 Å². The molecule has 1 aliphatic carbocycles. The van der Waals surface area contributed by atoms with E-state index in [1.807, 2.05) is 43.3 Å². The highest BCUT2D eigenvalue weighted by Gasteiger charge is 2.29. The van der Waals surface area contributed by atoms with Crippen LogP contribution in [0.25, 0.3) is 11.1 Å². The molecule has 0 spiro atoms. The maximum Gasteiger partial charge on any atom is 0.407 e. The molecule has 0 radical (unpaired) electrons. The first-order chi connectivity index (χ1) is 15.9. The summed E-state index contributed by atoms with van der Waals surface area (Å²) >= 11 is 0. The molecule has 2 amide bonds. The van der Waals surface area contributed by atoms with Crippen molar-refractivity contribution in [1.29, 1.82) is 0 Å². The number of alkyl carbamates (subject to hydrolysis) is 1. The molecular weight excluding hydrogens is 424 g/mol. The van der Waals surface area contributed by atoms with Gasteiger partial charge in [0.25, 0.3) is 0 Å². The lowest BCUT2D eigenvalue weighted by Gasteiger charge is -2.19. The minimum atomic E-state index is -1.52. The summed E-state index contributed by atoms with van der Waals surface area (Å²) in [6.07, 6.45) is -0.782. The summed E-state index contributed by atoms with van der Waals surface area (Å²) in [6.45, 7) is 2.18. The van der Waals surface area contributed by atoms with E-state index in [-0.39, 0.29) is 37.8 Å². The number of carbonyl (C=O) groups excluding carboxylic acids is 2. The van der Waals surface area contributed by atoms with Gasteiger partial charge in [-0.3, -0.25) is 4.79 Å². The minimum Gasteiger partial charge on any atom is -0.479 e. The van der Waals surface area contributed by atoms with Crippen LogP contribution in [0.5, 0.6) is 0 Å². The molecule has 4 N–H and O–H groups in total. The fourth-order valence-corrected chi connectivity index (χ4v) is 4.15. The Morgan fingerprint density at radius 1 is 1.00 bits per heavy atom. The number of carboxylic acid groups (broad SMARTS) is 1. The first kappa shape index (κ1) is 24.3. The number of benzene rings is 2. The van der Waals surface area contributed by atoms with Crippen LogP contribution in [0, 0.1) is 0 Å². The molecule has 2 atom stereocenters. The van der Waals surface area contributed by atoms with E-state index >= 15 is 0 Å². The van der Waals surface area contributed by atoms with Crippen LogP contribution < -0.4 is 10.6 Å². The summed E-state index contributed by atoms with van der Waals surface area (Å²) in [6, 6.07) is 15.8. The Balaban J connectivity index is 1.52. The van der Waals surface area contributed by atoms with Gasteiger partial charge in [0.15, 0.2) is 6.10 Å². The Hall–Kier alpha value is -3.39. The van der Waals surface area contributed by atoms with Gasteiger partial charge in [-0.15, -0.1) is 0 Å². The number of carbonyl (C=O) groups is 3. The van der Waals surface area contributed by atoms with Crippen LogP contribution in [0.3, 0.4) is 0 Å². The van der Waals surface area contributed by atoms with Crippen LogP contribution in [0.1, 0.15) is 49.7 Å². The van der Waals surface area contributed by atoms with Gasteiger partial charge >= 0.3 is 12.1 Å². The number of nitrogens with one attached hydrogen (secondary N) is 2. The molecule has 1 unspecified atom stereocenters. The highest BCUT2D eigenvalue weighted by atomic mass is 16.5. The summed E-state index contributed by atoms with van der Waals surface area (Å²) in [5.41, 5.74) is 4.55. The van der Waals surface area contributed by atoms with Gasteiger partial charge in [-0.25, -0.2) is 9.59 Å². The zero-order chi connectivity index (χ0) is 23.8. The van der Waals surface area contributed by atoms with Gasteiger partial charge in [0.2, 0.25) is 5.91 Å². The third-order valence-electron chi connectivity index (χ3n) is 5.76. The van der Waals surface area contributed by atoms with Crippen molar-refractivity contribution >= 4 is 18.0 Å². The molecule has 0 fully saturated rings. The Labute approximate surface area is 193 Å². The third-order valence-corrected chi connectivity index (χ3v) is 5.76. The predicted molar refractivity (Wildman–Crippen MR) is 123 cm³/mol. The van der Waals surface area contributed by atoms with Crippen molar-refractivity contribution < 1.29 is 29.3 Å². The molecule has 0 heterocycles. The standard InChI is InChI=1S/C25H30N2O6/c1-2-7-16(14-23(29)26-13-12-22(28)24(30)31)27-25(32)33-15-21-19-10-5-3-8-17(19)18-9-4-6-11-20(18)21/h3-6,8-11,16,21-22,28H,2,7,12-15H2,1H3,(H,26,29)(H,27,32)(H,30,31)/t16-,22?/m1/s1. The van der Waals surface area contributed by atoms with Crippen LogP contribution in [-0.4, -0.2) is 53.5 Å². The number of aliphatic carboxylic acids is 1. The molecule has 1 aliphatic rings.